The van der Waals surface area contributed by atoms with Gasteiger partial charge in [-0.3, -0.25) is 24.0 Å². The number of aliphatic hydroxyl groups is 2. The SMILES string of the molecule is COCC(=O)[C@H](C)C[C@H](C)/C=C/C=C/C=C(\C)[C@H](C[C@@H]1CCC(C)C(O)(C(=O)C(=O)N2CCCCC2C(=O)O[C@@H](CC(=O)[C@H](C)/C=C(\C)C=O)[C@H](C)CC2CC[C@@H](O)C(OC)C2)O1)OC. The van der Waals surface area contributed by atoms with Crippen molar-refractivity contribution in [1.82, 2.24) is 4.90 Å². The van der Waals surface area contributed by atoms with Crippen molar-refractivity contribution in [2.45, 2.75) is 168 Å². The number of aldehydes is 1. The fourth-order valence-electron chi connectivity index (χ4n) is 9.44. The minimum atomic E-state index is -2.44. The summed E-state index contributed by atoms with van der Waals surface area (Å²) in [6.45, 7) is 13.0. The molecule has 0 radical (unpaired) electrons. The predicted octanol–water partition coefficient (Wildman–Crippen LogP) is 6.64. The van der Waals surface area contributed by atoms with E-state index in [0.717, 1.165) is 18.4 Å². The van der Waals surface area contributed by atoms with Crippen LogP contribution in [-0.4, -0.2) is 127 Å². The summed E-state index contributed by atoms with van der Waals surface area (Å²) in [6.07, 6.45) is 14.9. The minimum Gasteiger partial charge on any atom is -0.460 e. The number of hydrogen-bond acceptors (Lipinski definition) is 13. The lowest BCUT2D eigenvalue weighted by atomic mass is 9.78. The van der Waals surface area contributed by atoms with Crippen molar-refractivity contribution >= 4 is 35.5 Å². The molecule has 65 heavy (non-hydrogen) atoms. The van der Waals surface area contributed by atoms with Gasteiger partial charge in [0.15, 0.2) is 5.78 Å². The maximum atomic E-state index is 14.2. The molecule has 2 saturated heterocycles. The molecule has 3 fully saturated rings. The highest BCUT2D eigenvalue weighted by atomic mass is 16.6. The third-order valence-electron chi connectivity index (χ3n) is 13.7. The van der Waals surface area contributed by atoms with Gasteiger partial charge in [-0.25, -0.2) is 4.79 Å². The summed E-state index contributed by atoms with van der Waals surface area (Å²) in [4.78, 5) is 80.6. The predicted molar refractivity (Wildman–Crippen MR) is 246 cm³/mol. The van der Waals surface area contributed by atoms with Crippen molar-refractivity contribution in [3.05, 3.63) is 47.6 Å². The lowest BCUT2D eigenvalue weighted by molar-refractivity contribution is -0.265. The highest BCUT2D eigenvalue weighted by Crippen LogP contribution is 2.37. The van der Waals surface area contributed by atoms with Crippen LogP contribution < -0.4 is 0 Å². The molecule has 1 aliphatic carbocycles. The number of methoxy groups -OCH3 is 3. The van der Waals surface area contributed by atoms with Crippen LogP contribution in [0.3, 0.4) is 0 Å². The fraction of sp³-hybridized carbons (Fsp3) is 0.725. The first kappa shape index (κ1) is 55.7. The Morgan fingerprint density at radius 3 is 2.29 bits per heavy atom. The van der Waals surface area contributed by atoms with Gasteiger partial charge in [-0.15, -0.1) is 0 Å². The van der Waals surface area contributed by atoms with Gasteiger partial charge in [-0.1, -0.05) is 71.1 Å². The van der Waals surface area contributed by atoms with E-state index < -0.39 is 65.7 Å². The number of piperidine rings is 1. The van der Waals surface area contributed by atoms with E-state index in [1.807, 2.05) is 51.2 Å². The number of aliphatic hydroxyl groups excluding tert-OH is 1. The van der Waals surface area contributed by atoms with E-state index in [-0.39, 0.29) is 67.3 Å². The molecule has 3 aliphatic rings. The largest absolute Gasteiger partial charge is 0.460 e. The summed E-state index contributed by atoms with van der Waals surface area (Å²) in [6, 6.07) is -1.12. The number of Topliss-reactive ketones (excluding diaryl/α,β-unsaturated/α-hetero) is 3. The molecule has 2 heterocycles. The first-order chi connectivity index (χ1) is 30.8. The van der Waals surface area contributed by atoms with E-state index in [1.165, 1.54) is 12.0 Å². The number of amides is 1. The Morgan fingerprint density at radius 2 is 1.63 bits per heavy atom. The van der Waals surface area contributed by atoms with Gasteiger partial charge < -0.3 is 38.8 Å². The number of carbonyl (C=O) groups excluding carboxylic acids is 6. The van der Waals surface area contributed by atoms with Gasteiger partial charge in [-0.05, 0) is 107 Å². The Kier molecular flexibility index (Phi) is 23.3. The number of esters is 1. The Labute approximate surface area is 387 Å². The third kappa shape index (κ3) is 16.6. The summed E-state index contributed by atoms with van der Waals surface area (Å²) in [5.74, 6) is -6.84. The minimum absolute atomic E-state index is 0.0796. The van der Waals surface area contributed by atoms with E-state index in [1.54, 1.807) is 41.1 Å². The highest BCUT2D eigenvalue weighted by molar-refractivity contribution is 6.39. The Morgan fingerprint density at radius 1 is 0.908 bits per heavy atom. The maximum absolute atomic E-state index is 14.2. The Hall–Kier alpha value is -3.66. The smallest absolute Gasteiger partial charge is 0.329 e. The molecule has 2 N–H and O–H groups in total. The number of rotatable bonds is 25. The summed E-state index contributed by atoms with van der Waals surface area (Å²) in [5.41, 5.74) is 1.30. The second-order valence-electron chi connectivity index (χ2n) is 19.1. The summed E-state index contributed by atoms with van der Waals surface area (Å²) in [7, 11) is 4.66. The Balaban J connectivity index is 1.73. The van der Waals surface area contributed by atoms with E-state index in [0.29, 0.717) is 63.2 Å². The van der Waals surface area contributed by atoms with Crippen LogP contribution >= 0.6 is 0 Å². The molecular weight excluding hydrogens is 835 g/mol. The van der Waals surface area contributed by atoms with E-state index >= 15 is 0 Å². The van der Waals surface area contributed by atoms with E-state index in [2.05, 4.69) is 6.92 Å². The molecule has 14 heteroatoms. The molecule has 13 atom stereocenters. The molecule has 0 spiro atoms. The zero-order valence-corrected chi connectivity index (χ0v) is 40.7. The van der Waals surface area contributed by atoms with Crippen molar-refractivity contribution in [3.63, 3.8) is 0 Å². The number of ketones is 3. The van der Waals surface area contributed by atoms with Crippen LogP contribution in [0.2, 0.25) is 0 Å². The summed E-state index contributed by atoms with van der Waals surface area (Å²) < 4.78 is 28.6. The van der Waals surface area contributed by atoms with Gasteiger partial charge in [0.25, 0.3) is 11.7 Å². The topological polar surface area (TPSA) is 192 Å². The number of allylic oxidation sites excluding steroid dienone is 7. The van der Waals surface area contributed by atoms with Crippen LogP contribution in [0.4, 0.5) is 0 Å². The molecular formula is C51H79NO13. The van der Waals surface area contributed by atoms with Gasteiger partial charge >= 0.3 is 5.97 Å². The number of likely N-dealkylation sites (tertiary alicyclic amines) is 1. The zero-order chi connectivity index (χ0) is 48.4. The maximum Gasteiger partial charge on any atom is 0.329 e. The normalized spacial score (nSPS) is 28.6. The molecule has 3 rings (SSSR count). The van der Waals surface area contributed by atoms with Crippen molar-refractivity contribution in [2.24, 2.45) is 35.5 Å². The molecule has 2 aliphatic heterocycles. The zero-order valence-electron chi connectivity index (χ0n) is 40.7. The molecule has 366 valence electrons. The van der Waals surface area contributed by atoms with Crippen LogP contribution in [0.25, 0.3) is 0 Å². The number of carbonyl (C=O) groups is 6. The standard InChI is InChI=1S/C51H79NO13/c1-32(24-36(5)44(56)31-61-8)16-12-11-13-17-34(3)45(62-9)28-40-21-19-38(7)51(60,65-40)48(57)49(58)52-23-15-14-18-41(52)50(59)64-46(29-43(55)35(4)25-33(2)30-53)37(6)26-39-20-22-42(54)47(27-39)63-10/h11-13,16-17,25,30,32,35-42,45-47,54,60H,14-15,18-24,26-29,31H2,1-10H3/b13-11+,16-12+,33-25+,34-17+/t32-,35-,36-,37-,38?,39?,40+,41?,42-,45+,46+,47?,51?/m1/s1. The highest BCUT2D eigenvalue weighted by Gasteiger charge is 2.53. The number of ether oxygens (including phenoxy) is 5. The fourth-order valence-corrected chi connectivity index (χ4v) is 9.44. The summed E-state index contributed by atoms with van der Waals surface area (Å²) >= 11 is 0. The molecule has 0 bridgehead atoms. The molecule has 0 aromatic carbocycles. The molecule has 14 nitrogen and oxygen atoms in total. The van der Waals surface area contributed by atoms with Gasteiger partial charge in [-0.2, -0.15) is 0 Å². The van der Waals surface area contributed by atoms with E-state index in [4.69, 9.17) is 23.7 Å². The van der Waals surface area contributed by atoms with Crippen molar-refractivity contribution in [2.75, 3.05) is 34.5 Å². The second kappa shape index (κ2) is 27.2. The Bertz CT molecular complexity index is 1720. The van der Waals surface area contributed by atoms with Crippen molar-refractivity contribution in [1.29, 1.82) is 0 Å². The van der Waals surface area contributed by atoms with Gasteiger partial charge in [0.1, 0.15) is 30.8 Å². The molecule has 0 aromatic heterocycles. The van der Waals surface area contributed by atoms with Crippen LogP contribution in [-0.2, 0) is 52.5 Å². The summed E-state index contributed by atoms with van der Waals surface area (Å²) in [5, 5.41) is 22.3. The van der Waals surface area contributed by atoms with E-state index in [9.17, 15) is 39.0 Å². The van der Waals surface area contributed by atoms with Crippen LogP contribution in [0.5, 0.6) is 0 Å². The van der Waals surface area contributed by atoms with Gasteiger partial charge in [0.05, 0.1) is 24.4 Å². The van der Waals surface area contributed by atoms with Crippen LogP contribution in [0.15, 0.2) is 47.6 Å². The number of hydrogen-bond donors (Lipinski definition) is 2. The lowest BCUT2D eigenvalue weighted by Crippen LogP contribution is -2.61. The van der Waals surface area contributed by atoms with Crippen LogP contribution in [0, 0.1) is 35.5 Å². The van der Waals surface area contributed by atoms with Crippen molar-refractivity contribution < 1.29 is 62.7 Å². The average molecular weight is 914 g/mol. The van der Waals surface area contributed by atoms with Crippen LogP contribution in [0.1, 0.15) is 126 Å². The monoisotopic (exact) mass is 914 g/mol. The molecule has 0 aromatic rings. The van der Waals surface area contributed by atoms with Gasteiger partial charge in [0, 0.05) is 58.5 Å². The van der Waals surface area contributed by atoms with Crippen molar-refractivity contribution in [3.8, 4) is 0 Å². The first-order valence-electron chi connectivity index (χ1n) is 23.7. The van der Waals surface area contributed by atoms with Gasteiger partial charge in [0.2, 0.25) is 5.79 Å². The average Bonchev–Trinajstić information content (AvgIpc) is 3.28. The number of nitrogens with zero attached hydrogens (tertiary/aromatic N) is 1. The molecule has 1 amide bonds. The third-order valence-corrected chi connectivity index (χ3v) is 13.7. The first-order valence-corrected chi connectivity index (χ1v) is 23.7. The molecule has 1 saturated carbocycles. The molecule has 5 unspecified atom stereocenters. The second-order valence-corrected chi connectivity index (χ2v) is 19.1. The quantitative estimate of drug-likeness (QED) is 0.0326. The lowest BCUT2D eigenvalue weighted by Gasteiger charge is -2.42.